The first-order valence-corrected chi connectivity index (χ1v) is 5.93. The van der Waals surface area contributed by atoms with Gasteiger partial charge in [-0.3, -0.25) is 4.79 Å². The summed E-state index contributed by atoms with van der Waals surface area (Å²) in [4.78, 5) is 11.0. The van der Waals surface area contributed by atoms with E-state index in [9.17, 15) is 4.79 Å². The zero-order valence-electron chi connectivity index (χ0n) is 11.0. The normalized spacial score (nSPS) is 14.4. The fraction of sp³-hybridized carbons (Fsp3) is 0.500. The predicted molar refractivity (Wildman–Crippen MR) is 69.2 cm³/mol. The van der Waals surface area contributed by atoms with Gasteiger partial charge >= 0.3 is 5.97 Å². The molecule has 0 spiro atoms. The lowest BCUT2D eigenvalue weighted by Gasteiger charge is -2.30. The lowest BCUT2D eigenvalue weighted by atomic mass is 9.86. The Morgan fingerprint density at radius 1 is 1.29 bits per heavy atom. The number of nitrogens with one attached hydrogen (secondary N) is 1. The van der Waals surface area contributed by atoms with Crippen molar-refractivity contribution in [3.05, 3.63) is 34.9 Å². The third kappa shape index (κ3) is 3.56. The average molecular weight is 235 g/mol. The third-order valence-corrected chi connectivity index (χ3v) is 2.93. The number of benzene rings is 1. The number of hydrogen-bond donors (Lipinski definition) is 2. The van der Waals surface area contributed by atoms with Crippen molar-refractivity contribution in [3.8, 4) is 0 Å². The van der Waals surface area contributed by atoms with E-state index in [2.05, 4.69) is 23.5 Å². The highest BCUT2D eigenvalue weighted by atomic mass is 16.4. The quantitative estimate of drug-likeness (QED) is 0.824. The third-order valence-electron chi connectivity index (χ3n) is 2.93. The molecule has 0 aliphatic rings. The first-order chi connectivity index (χ1) is 7.87. The van der Waals surface area contributed by atoms with Crippen LogP contribution in [0.2, 0.25) is 0 Å². The maximum Gasteiger partial charge on any atom is 0.305 e. The molecule has 0 saturated heterocycles. The number of carbonyl (C=O) groups is 1. The Morgan fingerprint density at radius 3 is 2.24 bits per heavy atom. The zero-order valence-corrected chi connectivity index (χ0v) is 11.0. The van der Waals surface area contributed by atoms with Crippen molar-refractivity contribution in [2.24, 2.45) is 0 Å². The number of aryl methyl sites for hydroxylation is 2. The van der Waals surface area contributed by atoms with Gasteiger partial charge in [-0.1, -0.05) is 36.2 Å². The Kier molecular flexibility index (Phi) is 4.29. The van der Waals surface area contributed by atoms with Crippen molar-refractivity contribution in [1.82, 2.24) is 5.32 Å². The highest BCUT2D eigenvalue weighted by Crippen LogP contribution is 2.26. The van der Waals surface area contributed by atoms with E-state index in [0.717, 1.165) is 23.2 Å². The first-order valence-electron chi connectivity index (χ1n) is 5.93. The molecular formula is C14H21NO2. The molecule has 0 heterocycles. The van der Waals surface area contributed by atoms with Crippen molar-refractivity contribution in [2.45, 2.75) is 39.7 Å². The van der Waals surface area contributed by atoms with Crippen LogP contribution in [-0.2, 0) is 10.3 Å². The van der Waals surface area contributed by atoms with E-state index in [0.29, 0.717) is 0 Å². The monoisotopic (exact) mass is 235 g/mol. The van der Waals surface area contributed by atoms with E-state index < -0.39 is 11.5 Å². The number of hydrogen-bond acceptors (Lipinski definition) is 2. The highest BCUT2D eigenvalue weighted by molar-refractivity contribution is 5.69. The number of rotatable bonds is 5. The molecule has 0 bridgehead atoms. The maximum atomic E-state index is 11.0. The smallest absolute Gasteiger partial charge is 0.305 e. The molecule has 0 aromatic heterocycles. The molecule has 3 heteroatoms. The van der Waals surface area contributed by atoms with Gasteiger partial charge in [0, 0.05) is 0 Å². The van der Waals surface area contributed by atoms with E-state index in [1.165, 1.54) is 0 Å². The van der Waals surface area contributed by atoms with Crippen molar-refractivity contribution >= 4 is 5.97 Å². The van der Waals surface area contributed by atoms with Gasteiger partial charge in [0.25, 0.3) is 0 Å². The lowest BCUT2D eigenvalue weighted by molar-refractivity contribution is -0.138. The van der Waals surface area contributed by atoms with Crippen LogP contribution in [0, 0.1) is 13.8 Å². The molecule has 94 valence electrons. The standard InChI is InChI=1S/C14H21NO2/c1-5-15-14(4,9-13(16)17)12-7-10(2)6-11(3)8-12/h6-8,15H,5,9H2,1-4H3,(H,16,17). The minimum absolute atomic E-state index is 0.0870. The van der Waals surface area contributed by atoms with E-state index in [-0.39, 0.29) is 6.42 Å². The molecular weight excluding hydrogens is 214 g/mol. The second-order valence-electron chi connectivity index (χ2n) is 4.81. The Hall–Kier alpha value is -1.35. The van der Waals surface area contributed by atoms with Gasteiger partial charge in [-0.25, -0.2) is 0 Å². The van der Waals surface area contributed by atoms with Crippen molar-refractivity contribution in [1.29, 1.82) is 0 Å². The van der Waals surface area contributed by atoms with Crippen LogP contribution in [0.3, 0.4) is 0 Å². The van der Waals surface area contributed by atoms with Crippen LogP contribution in [0.15, 0.2) is 18.2 Å². The van der Waals surface area contributed by atoms with Gasteiger partial charge in [0.05, 0.1) is 12.0 Å². The topological polar surface area (TPSA) is 49.3 Å². The zero-order chi connectivity index (χ0) is 13.1. The Labute approximate surface area is 103 Å². The summed E-state index contributed by atoms with van der Waals surface area (Å²) in [6, 6.07) is 6.20. The predicted octanol–water partition coefficient (Wildman–Crippen LogP) is 2.60. The van der Waals surface area contributed by atoms with E-state index in [1.807, 2.05) is 27.7 Å². The van der Waals surface area contributed by atoms with Crippen molar-refractivity contribution in [2.75, 3.05) is 6.54 Å². The fourth-order valence-corrected chi connectivity index (χ4v) is 2.25. The molecule has 1 unspecified atom stereocenters. The summed E-state index contributed by atoms with van der Waals surface area (Å²) in [6.07, 6.45) is 0.0870. The van der Waals surface area contributed by atoms with E-state index in [1.54, 1.807) is 0 Å². The molecule has 0 fully saturated rings. The molecule has 1 aromatic carbocycles. The summed E-state index contributed by atoms with van der Waals surface area (Å²) in [7, 11) is 0. The largest absolute Gasteiger partial charge is 0.481 e. The maximum absolute atomic E-state index is 11.0. The molecule has 0 aliphatic heterocycles. The Morgan fingerprint density at radius 2 is 1.82 bits per heavy atom. The van der Waals surface area contributed by atoms with Crippen LogP contribution < -0.4 is 5.32 Å². The summed E-state index contributed by atoms with van der Waals surface area (Å²) in [5.74, 6) is -0.785. The molecule has 3 nitrogen and oxygen atoms in total. The van der Waals surface area contributed by atoms with Gasteiger partial charge < -0.3 is 10.4 Å². The van der Waals surface area contributed by atoms with Crippen LogP contribution >= 0.6 is 0 Å². The second kappa shape index (κ2) is 5.32. The van der Waals surface area contributed by atoms with Crippen LogP contribution in [-0.4, -0.2) is 17.6 Å². The van der Waals surface area contributed by atoms with Gasteiger partial charge in [-0.05, 0) is 32.9 Å². The van der Waals surface area contributed by atoms with Crippen molar-refractivity contribution < 1.29 is 9.90 Å². The van der Waals surface area contributed by atoms with E-state index >= 15 is 0 Å². The average Bonchev–Trinajstić information content (AvgIpc) is 2.14. The van der Waals surface area contributed by atoms with Crippen LogP contribution in [0.25, 0.3) is 0 Å². The molecule has 1 aromatic rings. The molecule has 0 radical (unpaired) electrons. The summed E-state index contributed by atoms with van der Waals surface area (Å²) in [6.45, 7) is 8.74. The van der Waals surface area contributed by atoms with Gasteiger partial charge in [0.15, 0.2) is 0 Å². The summed E-state index contributed by atoms with van der Waals surface area (Å²) in [5.41, 5.74) is 2.86. The molecule has 17 heavy (non-hydrogen) atoms. The second-order valence-corrected chi connectivity index (χ2v) is 4.81. The van der Waals surface area contributed by atoms with Crippen molar-refractivity contribution in [3.63, 3.8) is 0 Å². The molecule has 1 rings (SSSR count). The summed E-state index contributed by atoms with van der Waals surface area (Å²) in [5, 5.41) is 12.3. The van der Waals surface area contributed by atoms with Crippen LogP contribution in [0.5, 0.6) is 0 Å². The van der Waals surface area contributed by atoms with E-state index in [4.69, 9.17) is 5.11 Å². The highest BCUT2D eigenvalue weighted by Gasteiger charge is 2.28. The molecule has 1 atom stereocenters. The van der Waals surface area contributed by atoms with Crippen LogP contribution in [0.1, 0.15) is 37.0 Å². The number of aliphatic carboxylic acids is 1. The molecule has 0 aliphatic carbocycles. The number of carboxylic acid groups (broad SMARTS) is 1. The Balaban J connectivity index is 3.16. The van der Waals surface area contributed by atoms with Gasteiger partial charge in [0.1, 0.15) is 0 Å². The van der Waals surface area contributed by atoms with Gasteiger partial charge in [-0.15, -0.1) is 0 Å². The molecule has 0 saturated carbocycles. The minimum Gasteiger partial charge on any atom is -0.481 e. The SMILES string of the molecule is CCNC(C)(CC(=O)O)c1cc(C)cc(C)c1. The first kappa shape index (κ1) is 13.7. The lowest BCUT2D eigenvalue weighted by Crippen LogP contribution is -2.41. The summed E-state index contributed by atoms with van der Waals surface area (Å²) < 4.78 is 0. The Bertz CT molecular complexity index is 394. The van der Waals surface area contributed by atoms with Gasteiger partial charge in [-0.2, -0.15) is 0 Å². The fourth-order valence-electron chi connectivity index (χ4n) is 2.25. The molecule has 0 amide bonds. The minimum atomic E-state index is -0.785. The molecule has 2 N–H and O–H groups in total. The van der Waals surface area contributed by atoms with Gasteiger partial charge in [0.2, 0.25) is 0 Å². The van der Waals surface area contributed by atoms with Crippen LogP contribution in [0.4, 0.5) is 0 Å². The summed E-state index contributed by atoms with van der Waals surface area (Å²) >= 11 is 0. The number of carboxylic acids is 1.